The van der Waals surface area contributed by atoms with Gasteiger partial charge in [-0.2, -0.15) is 0 Å². The van der Waals surface area contributed by atoms with Crippen molar-refractivity contribution in [2.75, 3.05) is 13.1 Å². The molecule has 0 bridgehead atoms. The molecule has 1 saturated heterocycles. The lowest BCUT2D eigenvalue weighted by molar-refractivity contribution is 0.175. The average molecular weight is 274 g/mol. The molecule has 1 aromatic rings. The van der Waals surface area contributed by atoms with Crippen LogP contribution in [-0.4, -0.2) is 23.4 Å². The molecule has 0 aromatic heterocycles. The molecule has 1 unspecified atom stereocenters. The number of benzene rings is 1. The van der Waals surface area contributed by atoms with Gasteiger partial charge in [0, 0.05) is 23.6 Å². The molecule has 4 heteroatoms. The van der Waals surface area contributed by atoms with Crippen LogP contribution >= 0.6 is 11.6 Å². The number of hydrogen-bond donors (Lipinski definition) is 0. The first-order valence-corrected chi connectivity index (χ1v) is 6.80. The van der Waals surface area contributed by atoms with Gasteiger partial charge in [-0.05, 0) is 44.8 Å². The van der Waals surface area contributed by atoms with Crippen LogP contribution in [0.15, 0.2) is 18.2 Å². The minimum atomic E-state index is -0.522. The lowest BCUT2D eigenvalue weighted by Gasteiger charge is -2.33. The lowest BCUT2D eigenvalue weighted by atomic mass is 9.94. The van der Waals surface area contributed by atoms with E-state index in [4.69, 9.17) is 11.6 Å². The van der Waals surface area contributed by atoms with Crippen molar-refractivity contribution in [1.29, 1.82) is 0 Å². The Bertz CT molecular complexity index is 401. The summed E-state index contributed by atoms with van der Waals surface area (Å²) >= 11 is 6.09. The average Bonchev–Trinajstić information content (AvgIpc) is 2.33. The molecule has 1 heterocycles. The number of nitrogens with zero attached hydrogens (tertiary/aromatic N) is 1. The first kappa shape index (κ1) is 13.8. The Morgan fingerprint density at radius 1 is 1.33 bits per heavy atom. The molecule has 2 rings (SSSR count). The van der Waals surface area contributed by atoms with E-state index >= 15 is 0 Å². The second-order valence-corrected chi connectivity index (χ2v) is 5.72. The Morgan fingerprint density at radius 3 is 2.56 bits per heavy atom. The number of likely N-dealkylation sites (tertiary alicyclic amines) is 1. The fourth-order valence-corrected chi connectivity index (χ4v) is 2.71. The Hall–Kier alpha value is -0.670. The molecule has 18 heavy (non-hydrogen) atoms. The molecule has 0 amide bonds. The van der Waals surface area contributed by atoms with E-state index in [0.29, 0.717) is 18.0 Å². The Morgan fingerprint density at radius 2 is 2.00 bits per heavy atom. The summed E-state index contributed by atoms with van der Waals surface area (Å²) in [4.78, 5) is 2.20. The summed E-state index contributed by atoms with van der Waals surface area (Å²) in [5, 5.41) is 0.203. The van der Waals surface area contributed by atoms with Gasteiger partial charge >= 0.3 is 0 Å². The van der Waals surface area contributed by atoms with Gasteiger partial charge in [-0.15, -0.1) is 11.6 Å². The normalized spacial score (nSPS) is 20.0. The predicted octanol–water partition coefficient (Wildman–Crippen LogP) is 3.80. The van der Waals surface area contributed by atoms with Gasteiger partial charge in [-0.3, -0.25) is 4.90 Å². The summed E-state index contributed by atoms with van der Waals surface area (Å²) in [6.45, 7) is 4.44. The highest BCUT2D eigenvalue weighted by Crippen LogP contribution is 2.25. The zero-order chi connectivity index (χ0) is 13.1. The molecule has 0 N–H and O–H groups in total. The molecule has 0 spiro atoms. The minimum Gasteiger partial charge on any atom is -0.299 e. The van der Waals surface area contributed by atoms with Crippen molar-refractivity contribution in [3.05, 3.63) is 35.4 Å². The zero-order valence-corrected chi connectivity index (χ0v) is 11.3. The molecule has 1 aromatic carbocycles. The van der Waals surface area contributed by atoms with E-state index < -0.39 is 11.6 Å². The van der Waals surface area contributed by atoms with E-state index in [0.717, 1.165) is 32.0 Å². The molecule has 1 fully saturated rings. The number of piperidine rings is 1. The Labute approximate surface area is 112 Å². The highest BCUT2D eigenvalue weighted by atomic mass is 35.5. The number of alkyl halides is 1. The van der Waals surface area contributed by atoms with E-state index in [2.05, 4.69) is 4.90 Å². The molecular weight excluding hydrogens is 256 g/mol. The maximum Gasteiger partial charge on any atom is 0.130 e. The zero-order valence-electron chi connectivity index (χ0n) is 10.5. The van der Waals surface area contributed by atoms with E-state index in [1.165, 1.54) is 12.1 Å². The van der Waals surface area contributed by atoms with Crippen molar-refractivity contribution in [2.45, 2.75) is 31.7 Å². The molecule has 1 aliphatic heterocycles. The molecule has 0 aliphatic carbocycles. The second kappa shape index (κ2) is 5.98. The van der Waals surface area contributed by atoms with Gasteiger partial charge in [0.1, 0.15) is 11.6 Å². The van der Waals surface area contributed by atoms with Gasteiger partial charge in [-0.1, -0.05) is 6.07 Å². The molecule has 100 valence electrons. The summed E-state index contributed by atoms with van der Waals surface area (Å²) in [7, 11) is 0. The van der Waals surface area contributed by atoms with Crippen molar-refractivity contribution < 1.29 is 8.78 Å². The van der Waals surface area contributed by atoms with Crippen LogP contribution in [-0.2, 0) is 6.54 Å². The monoisotopic (exact) mass is 273 g/mol. The molecule has 1 atom stereocenters. The molecular formula is C14H18ClF2N. The van der Waals surface area contributed by atoms with Crippen LogP contribution in [0.4, 0.5) is 8.78 Å². The SMILES string of the molecule is CC(Cl)C1CCN(Cc2ccc(F)cc2F)CC1. The molecule has 1 aliphatic rings. The Balaban J connectivity index is 1.91. The van der Waals surface area contributed by atoms with Crippen LogP contribution in [0.2, 0.25) is 0 Å². The summed E-state index contributed by atoms with van der Waals surface area (Å²) in [5.74, 6) is -0.422. The number of hydrogen-bond acceptors (Lipinski definition) is 1. The third kappa shape index (κ3) is 3.42. The van der Waals surface area contributed by atoms with E-state index in [9.17, 15) is 8.78 Å². The molecule has 1 nitrogen and oxygen atoms in total. The fourth-order valence-electron chi connectivity index (χ4n) is 2.46. The second-order valence-electron chi connectivity index (χ2n) is 5.03. The van der Waals surface area contributed by atoms with Crippen molar-refractivity contribution in [3.63, 3.8) is 0 Å². The minimum absolute atomic E-state index is 0.203. The fraction of sp³-hybridized carbons (Fsp3) is 0.571. The van der Waals surface area contributed by atoms with Crippen molar-refractivity contribution in [3.8, 4) is 0 Å². The van der Waals surface area contributed by atoms with Gasteiger partial charge in [0.15, 0.2) is 0 Å². The number of halogens is 3. The van der Waals surface area contributed by atoms with Crippen LogP contribution in [0.1, 0.15) is 25.3 Å². The van der Waals surface area contributed by atoms with Crippen LogP contribution in [0.25, 0.3) is 0 Å². The maximum absolute atomic E-state index is 13.5. The first-order valence-electron chi connectivity index (χ1n) is 6.36. The molecule has 0 saturated carbocycles. The highest BCUT2D eigenvalue weighted by molar-refractivity contribution is 6.20. The Kier molecular flexibility index (Phi) is 4.57. The summed E-state index contributed by atoms with van der Waals surface area (Å²) in [6.07, 6.45) is 2.10. The third-order valence-electron chi connectivity index (χ3n) is 3.69. The van der Waals surface area contributed by atoms with Crippen molar-refractivity contribution in [2.24, 2.45) is 5.92 Å². The van der Waals surface area contributed by atoms with Gasteiger partial charge in [0.2, 0.25) is 0 Å². The summed E-state index contributed by atoms with van der Waals surface area (Å²) in [6, 6.07) is 3.79. The summed E-state index contributed by atoms with van der Waals surface area (Å²) < 4.78 is 26.3. The van der Waals surface area contributed by atoms with E-state index in [1.54, 1.807) is 0 Å². The van der Waals surface area contributed by atoms with Crippen LogP contribution < -0.4 is 0 Å². The highest BCUT2D eigenvalue weighted by Gasteiger charge is 2.23. The van der Waals surface area contributed by atoms with Crippen LogP contribution in [0.5, 0.6) is 0 Å². The predicted molar refractivity (Wildman–Crippen MR) is 69.7 cm³/mol. The topological polar surface area (TPSA) is 3.24 Å². The van der Waals surface area contributed by atoms with Crippen molar-refractivity contribution in [1.82, 2.24) is 4.90 Å². The standard InChI is InChI=1S/C14H18ClF2N/c1-10(15)11-4-6-18(7-5-11)9-12-2-3-13(16)8-14(12)17/h2-3,8,10-11H,4-7,9H2,1H3. The largest absolute Gasteiger partial charge is 0.299 e. The van der Waals surface area contributed by atoms with Gasteiger partial charge < -0.3 is 0 Å². The van der Waals surface area contributed by atoms with Crippen molar-refractivity contribution >= 4 is 11.6 Å². The van der Waals surface area contributed by atoms with E-state index in [1.807, 2.05) is 6.92 Å². The van der Waals surface area contributed by atoms with Crippen LogP contribution in [0.3, 0.4) is 0 Å². The first-order chi connectivity index (χ1) is 8.56. The third-order valence-corrected chi connectivity index (χ3v) is 4.05. The maximum atomic E-state index is 13.5. The summed E-state index contributed by atoms with van der Waals surface area (Å²) in [5.41, 5.74) is 0.564. The quantitative estimate of drug-likeness (QED) is 0.757. The molecule has 0 radical (unpaired) electrons. The number of rotatable bonds is 3. The van der Waals surface area contributed by atoms with Gasteiger partial charge in [0.25, 0.3) is 0 Å². The smallest absolute Gasteiger partial charge is 0.130 e. The lowest BCUT2D eigenvalue weighted by Crippen LogP contribution is -2.35. The van der Waals surface area contributed by atoms with Gasteiger partial charge in [0.05, 0.1) is 0 Å². The van der Waals surface area contributed by atoms with E-state index in [-0.39, 0.29) is 5.38 Å². The van der Waals surface area contributed by atoms with Crippen LogP contribution in [0, 0.1) is 17.6 Å². The van der Waals surface area contributed by atoms with Gasteiger partial charge in [-0.25, -0.2) is 8.78 Å².